The quantitative estimate of drug-likeness (QED) is 0.750. The van der Waals surface area contributed by atoms with Crippen molar-refractivity contribution in [2.24, 2.45) is 0 Å². The third-order valence-corrected chi connectivity index (χ3v) is 2.76. The molecular weight excluding hydrogens is 216 g/mol. The molecule has 0 atom stereocenters. The molecule has 1 amide bonds. The van der Waals surface area contributed by atoms with Gasteiger partial charge in [-0.1, -0.05) is 11.3 Å². The van der Waals surface area contributed by atoms with E-state index in [9.17, 15) is 4.79 Å². The maximum absolute atomic E-state index is 11.4. The van der Waals surface area contributed by atoms with Crippen LogP contribution in [-0.4, -0.2) is 41.4 Å². The largest absolute Gasteiger partial charge is 0.363 e. The van der Waals surface area contributed by atoms with E-state index in [1.54, 1.807) is 5.51 Å². The van der Waals surface area contributed by atoms with Gasteiger partial charge < -0.3 is 10.1 Å². The number of amides is 1. The highest BCUT2D eigenvalue weighted by Crippen LogP contribution is 2.15. The zero-order valence-corrected chi connectivity index (χ0v) is 9.13. The van der Waals surface area contributed by atoms with Crippen molar-refractivity contribution in [1.82, 2.24) is 15.5 Å². The van der Waals surface area contributed by atoms with Crippen molar-refractivity contribution < 1.29 is 9.53 Å². The first-order valence-electron chi connectivity index (χ1n) is 4.59. The number of carbonyl (C=O) groups is 1. The summed E-state index contributed by atoms with van der Waals surface area (Å²) in [5, 5.41) is 13.5. The van der Waals surface area contributed by atoms with Gasteiger partial charge in [0.15, 0.2) is 0 Å². The highest BCUT2D eigenvalue weighted by molar-refractivity contribution is 7.13. The second-order valence-electron chi connectivity index (χ2n) is 3.63. The van der Waals surface area contributed by atoms with E-state index in [4.69, 9.17) is 4.74 Å². The molecule has 0 aromatic carbocycles. The normalized spacial score (nSPS) is 18.2. The van der Waals surface area contributed by atoms with Gasteiger partial charge in [-0.3, -0.25) is 10.1 Å². The molecule has 6 nitrogen and oxygen atoms in total. The molecule has 0 saturated carbocycles. The van der Waals surface area contributed by atoms with Crippen LogP contribution in [0.5, 0.6) is 0 Å². The molecule has 2 rings (SSSR count). The number of hydrogen-bond acceptors (Lipinski definition) is 6. The van der Waals surface area contributed by atoms with Crippen molar-refractivity contribution in [2.45, 2.75) is 12.5 Å². The van der Waals surface area contributed by atoms with Crippen LogP contribution in [0.1, 0.15) is 6.92 Å². The zero-order chi connectivity index (χ0) is 10.7. The molecule has 82 valence electrons. The molecule has 0 radical (unpaired) electrons. The van der Waals surface area contributed by atoms with Crippen LogP contribution < -0.4 is 10.6 Å². The third kappa shape index (κ3) is 2.71. The predicted octanol–water partition coefficient (Wildman–Crippen LogP) is -0.145. The Morgan fingerprint density at radius 3 is 3.13 bits per heavy atom. The lowest BCUT2D eigenvalue weighted by atomic mass is 10.0. The van der Waals surface area contributed by atoms with Gasteiger partial charge >= 0.3 is 0 Å². The number of anilines is 1. The lowest BCUT2D eigenvalue weighted by molar-refractivity contribution is -0.130. The smallest absolute Gasteiger partial charge is 0.252 e. The van der Waals surface area contributed by atoms with Crippen molar-refractivity contribution in [3.8, 4) is 0 Å². The van der Waals surface area contributed by atoms with E-state index in [0.717, 1.165) is 13.1 Å². The Morgan fingerprint density at radius 1 is 1.80 bits per heavy atom. The minimum atomic E-state index is -0.196. The SMILES string of the molecule is CC1(OCC(=O)Nc2nncs2)CNC1. The van der Waals surface area contributed by atoms with Crippen LogP contribution in [-0.2, 0) is 9.53 Å². The Kier molecular flexibility index (Phi) is 2.94. The molecule has 1 fully saturated rings. The summed E-state index contributed by atoms with van der Waals surface area (Å²) >= 11 is 1.28. The molecule has 1 aromatic heterocycles. The Balaban J connectivity index is 1.73. The maximum Gasteiger partial charge on any atom is 0.252 e. The van der Waals surface area contributed by atoms with E-state index >= 15 is 0 Å². The minimum Gasteiger partial charge on any atom is -0.363 e. The molecule has 7 heteroatoms. The number of ether oxygens (including phenoxy) is 1. The fraction of sp³-hybridized carbons (Fsp3) is 0.625. The van der Waals surface area contributed by atoms with Crippen LogP contribution in [0, 0.1) is 0 Å². The molecule has 0 spiro atoms. The molecule has 15 heavy (non-hydrogen) atoms. The second-order valence-corrected chi connectivity index (χ2v) is 4.47. The Bertz CT molecular complexity index is 336. The van der Waals surface area contributed by atoms with Crippen LogP contribution in [0.4, 0.5) is 5.13 Å². The second kappa shape index (κ2) is 4.21. The first-order chi connectivity index (χ1) is 7.18. The summed E-state index contributed by atoms with van der Waals surface area (Å²) in [6.45, 7) is 3.61. The highest BCUT2D eigenvalue weighted by atomic mass is 32.1. The molecule has 0 unspecified atom stereocenters. The number of hydrogen-bond donors (Lipinski definition) is 2. The van der Waals surface area contributed by atoms with Gasteiger partial charge in [-0.15, -0.1) is 10.2 Å². The fourth-order valence-electron chi connectivity index (χ4n) is 1.20. The summed E-state index contributed by atoms with van der Waals surface area (Å²) in [6.07, 6.45) is 0. The minimum absolute atomic E-state index is 0.0533. The van der Waals surface area contributed by atoms with Gasteiger partial charge in [0.2, 0.25) is 5.13 Å². The average molecular weight is 228 g/mol. The Morgan fingerprint density at radius 2 is 2.60 bits per heavy atom. The highest BCUT2D eigenvalue weighted by Gasteiger charge is 2.33. The molecule has 0 bridgehead atoms. The first kappa shape index (κ1) is 10.5. The van der Waals surface area contributed by atoms with Gasteiger partial charge in [-0.25, -0.2) is 0 Å². The number of aromatic nitrogens is 2. The van der Waals surface area contributed by atoms with E-state index in [2.05, 4.69) is 20.8 Å². The number of rotatable bonds is 4. The molecular formula is C8H12N4O2S. The summed E-state index contributed by atoms with van der Waals surface area (Å²) in [6, 6.07) is 0. The van der Waals surface area contributed by atoms with Crippen LogP contribution in [0.3, 0.4) is 0 Å². The van der Waals surface area contributed by atoms with Gasteiger partial charge in [0, 0.05) is 13.1 Å². The number of carbonyl (C=O) groups excluding carboxylic acids is 1. The number of nitrogens with one attached hydrogen (secondary N) is 2. The molecule has 1 aliphatic rings. The van der Waals surface area contributed by atoms with E-state index in [0.29, 0.717) is 5.13 Å². The van der Waals surface area contributed by atoms with Crippen molar-refractivity contribution in [2.75, 3.05) is 25.0 Å². The van der Waals surface area contributed by atoms with Gasteiger partial charge in [0.25, 0.3) is 5.91 Å². The average Bonchev–Trinajstić information content (AvgIpc) is 2.64. The van der Waals surface area contributed by atoms with E-state index in [1.807, 2.05) is 6.92 Å². The monoisotopic (exact) mass is 228 g/mol. The van der Waals surface area contributed by atoms with Crippen molar-refractivity contribution in [3.63, 3.8) is 0 Å². The molecule has 2 heterocycles. The van der Waals surface area contributed by atoms with Crippen molar-refractivity contribution in [3.05, 3.63) is 5.51 Å². The third-order valence-electron chi connectivity index (χ3n) is 2.16. The number of nitrogens with zero attached hydrogens (tertiary/aromatic N) is 2. The zero-order valence-electron chi connectivity index (χ0n) is 8.32. The fourth-order valence-corrected chi connectivity index (χ4v) is 1.66. The van der Waals surface area contributed by atoms with Gasteiger partial charge in [0.05, 0.1) is 5.60 Å². The molecule has 1 saturated heterocycles. The molecule has 2 N–H and O–H groups in total. The lowest BCUT2D eigenvalue weighted by Gasteiger charge is -2.38. The van der Waals surface area contributed by atoms with Crippen LogP contribution in [0.2, 0.25) is 0 Å². The summed E-state index contributed by atoms with van der Waals surface area (Å²) < 4.78 is 5.46. The van der Waals surface area contributed by atoms with Crippen LogP contribution >= 0.6 is 11.3 Å². The maximum atomic E-state index is 11.4. The lowest BCUT2D eigenvalue weighted by Crippen LogP contribution is -2.59. The van der Waals surface area contributed by atoms with Gasteiger partial charge in [0.1, 0.15) is 12.1 Å². The molecule has 1 aliphatic heterocycles. The molecule has 0 aliphatic carbocycles. The van der Waals surface area contributed by atoms with Gasteiger partial charge in [-0.05, 0) is 6.92 Å². The van der Waals surface area contributed by atoms with Crippen molar-refractivity contribution >= 4 is 22.4 Å². The Labute approximate surface area is 91.0 Å². The summed E-state index contributed by atoms with van der Waals surface area (Å²) in [5.41, 5.74) is 1.37. The molecule has 1 aromatic rings. The predicted molar refractivity (Wildman–Crippen MR) is 55.8 cm³/mol. The summed E-state index contributed by atoms with van der Waals surface area (Å²) in [4.78, 5) is 11.4. The van der Waals surface area contributed by atoms with E-state index in [1.165, 1.54) is 11.3 Å². The standard InChI is InChI=1S/C8H12N4O2S/c1-8(3-9-4-8)14-2-6(13)11-7-12-10-5-15-7/h5,9H,2-4H2,1H3,(H,11,12,13). The van der Waals surface area contributed by atoms with Crippen LogP contribution in [0.15, 0.2) is 5.51 Å². The van der Waals surface area contributed by atoms with Crippen molar-refractivity contribution in [1.29, 1.82) is 0 Å². The Hall–Kier alpha value is -1.05. The summed E-state index contributed by atoms with van der Waals surface area (Å²) in [5.74, 6) is -0.195. The summed E-state index contributed by atoms with van der Waals surface area (Å²) in [7, 11) is 0. The van der Waals surface area contributed by atoms with E-state index < -0.39 is 0 Å². The van der Waals surface area contributed by atoms with Crippen LogP contribution in [0.25, 0.3) is 0 Å². The first-order valence-corrected chi connectivity index (χ1v) is 5.47. The van der Waals surface area contributed by atoms with Gasteiger partial charge in [-0.2, -0.15) is 0 Å². The van der Waals surface area contributed by atoms with E-state index in [-0.39, 0.29) is 18.1 Å². The topological polar surface area (TPSA) is 76.1 Å².